The van der Waals surface area contributed by atoms with Gasteiger partial charge in [0.2, 0.25) is 17.7 Å². The molecule has 2 aromatic carbocycles. The standard InChI is InChI=1S/C22H22N4O3/c1-15-8-10-16(11-9-15)18-13-21(29-25-18)24-20(27)14-23-17-5-2-3-6-19(17)26-12-4-7-22(26)28/h2-3,5-6,8-11,13,23H,4,7,12,14H2,1H3,(H,24,27). The lowest BCUT2D eigenvalue weighted by Gasteiger charge is -2.20. The van der Waals surface area contributed by atoms with Gasteiger partial charge in [-0.2, -0.15) is 0 Å². The predicted octanol–water partition coefficient (Wildman–Crippen LogP) is 3.83. The van der Waals surface area contributed by atoms with E-state index >= 15 is 0 Å². The monoisotopic (exact) mass is 390 g/mol. The second kappa shape index (κ2) is 8.18. The van der Waals surface area contributed by atoms with Crippen molar-refractivity contribution in [2.75, 3.05) is 28.6 Å². The molecule has 0 aliphatic carbocycles. The third-order valence-corrected chi connectivity index (χ3v) is 4.83. The Morgan fingerprint density at radius 3 is 2.72 bits per heavy atom. The number of aryl methyl sites for hydroxylation is 1. The summed E-state index contributed by atoms with van der Waals surface area (Å²) in [6.45, 7) is 2.76. The van der Waals surface area contributed by atoms with Crippen molar-refractivity contribution in [3.63, 3.8) is 0 Å². The van der Waals surface area contributed by atoms with Gasteiger partial charge in [-0.3, -0.25) is 14.9 Å². The van der Waals surface area contributed by atoms with Crippen LogP contribution in [0.15, 0.2) is 59.1 Å². The number of carbonyl (C=O) groups excluding carboxylic acids is 2. The minimum Gasteiger partial charge on any atom is -0.374 e. The first-order valence-corrected chi connectivity index (χ1v) is 9.57. The molecule has 148 valence electrons. The first kappa shape index (κ1) is 18.7. The first-order chi connectivity index (χ1) is 14.1. The number of nitrogens with one attached hydrogen (secondary N) is 2. The summed E-state index contributed by atoms with van der Waals surface area (Å²) >= 11 is 0. The van der Waals surface area contributed by atoms with Gasteiger partial charge in [-0.05, 0) is 25.5 Å². The smallest absolute Gasteiger partial charge is 0.246 e. The molecule has 1 aromatic heterocycles. The Morgan fingerprint density at radius 1 is 1.17 bits per heavy atom. The first-order valence-electron chi connectivity index (χ1n) is 9.57. The zero-order valence-corrected chi connectivity index (χ0v) is 16.1. The Labute approximate surface area is 168 Å². The fourth-order valence-corrected chi connectivity index (χ4v) is 3.31. The third kappa shape index (κ3) is 4.29. The van der Waals surface area contributed by atoms with Gasteiger partial charge in [0.25, 0.3) is 0 Å². The van der Waals surface area contributed by atoms with E-state index in [4.69, 9.17) is 4.52 Å². The van der Waals surface area contributed by atoms with Gasteiger partial charge in [-0.25, -0.2) is 0 Å². The molecule has 0 bridgehead atoms. The van der Waals surface area contributed by atoms with Gasteiger partial charge in [-0.15, -0.1) is 0 Å². The van der Waals surface area contributed by atoms with Gasteiger partial charge >= 0.3 is 0 Å². The van der Waals surface area contributed by atoms with Crippen LogP contribution in [0.2, 0.25) is 0 Å². The molecule has 0 saturated carbocycles. The highest BCUT2D eigenvalue weighted by Gasteiger charge is 2.23. The highest BCUT2D eigenvalue weighted by Crippen LogP contribution is 2.29. The predicted molar refractivity (Wildman–Crippen MR) is 112 cm³/mol. The summed E-state index contributed by atoms with van der Waals surface area (Å²) in [6.07, 6.45) is 1.41. The maximum Gasteiger partial charge on any atom is 0.246 e. The maximum atomic E-state index is 12.3. The van der Waals surface area contributed by atoms with E-state index in [9.17, 15) is 9.59 Å². The number of hydrogen-bond donors (Lipinski definition) is 2. The molecule has 29 heavy (non-hydrogen) atoms. The van der Waals surface area contributed by atoms with Crippen LogP contribution in [0.5, 0.6) is 0 Å². The Morgan fingerprint density at radius 2 is 1.97 bits per heavy atom. The number of rotatable bonds is 6. The van der Waals surface area contributed by atoms with Crippen LogP contribution in [-0.2, 0) is 9.59 Å². The summed E-state index contributed by atoms with van der Waals surface area (Å²) in [5, 5.41) is 9.82. The van der Waals surface area contributed by atoms with E-state index in [1.165, 1.54) is 0 Å². The second-order valence-corrected chi connectivity index (χ2v) is 7.01. The number of carbonyl (C=O) groups is 2. The molecule has 0 radical (unpaired) electrons. The molecule has 1 fully saturated rings. The summed E-state index contributed by atoms with van der Waals surface area (Å²) in [5.74, 6) is 0.128. The Hall–Kier alpha value is -3.61. The van der Waals surface area contributed by atoms with Gasteiger partial charge in [0, 0.05) is 24.6 Å². The molecule has 1 saturated heterocycles. The van der Waals surface area contributed by atoms with E-state index in [-0.39, 0.29) is 24.2 Å². The molecule has 2 amide bonds. The topological polar surface area (TPSA) is 87.5 Å². The maximum absolute atomic E-state index is 12.3. The SMILES string of the molecule is Cc1ccc(-c2cc(NC(=O)CNc3ccccc3N3CCCC3=O)on2)cc1. The molecule has 2 heterocycles. The van der Waals surface area contributed by atoms with Crippen molar-refractivity contribution in [3.05, 3.63) is 60.2 Å². The van der Waals surface area contributed by atoms with Crippen LogP contribution >= 0.6 is 0 Å². The van der Waals surface area contributed by atoms with Crippen LogP contribution in [0.4, 0.5) is 17.3 Å². The summed E-state index contributed by atoms with van der Waals surface area (Å²) in [7, 11) is 0. The van der Waals surface area contributed by atoms with Crippen LogP contribution in [0.25, 0.3) is 11.3 Å². The number of nitrogens with zero attached hydrogens (tertiary/aromatic N) is 2. The van der Waals surface area contributed by atoms with Crippen LogP contribution in [0, 0.1) is 6.92 Å². The van der Waals surface area contributed by atoms with Gasteiger partial charge in [-0.1, -0.05) is 47.1 Å². The number of benzene rings is 2. The summed E-state index contributed by atoms with van der Waals surface area (Å²) in [5.41, 5.74) is 4.28. The van der Waals surface area contributed by atoms with E-state index in [0.29, 0.717) is 18.7 Å². The molecule has 1 aliphatic heterocycles. The van der Waals surface area contributed by atoms with Gasteiger partial charge in [0.15, 0.2) is 0 Å². The van der Waals surface area contributed by atoms with E-state index in [2.05, 4.69) is 15.8 Å². The van der Waals surface area contributed by atoms with Crippen LogP contribution in [0.3, 0.4) is 0 Å². The Kier molecular flexibility index (Phi) is 5.29. The largest absolute Gasteiger partial charge is 0.374 e. The lowest BCUT2D eigenvalue weighted by molar-refractivity contribution is -0.117. The van der Waals surface area contributed by atoms with Crippen LogP contribution in [0.1, 0.15) is 18.4 Å². The molecule has 1 aliphatic rings. The van der Waals surface area contributed by atoms with E-state index in [0.717, 1.165) is 28.9 Å². The van der Waals surface area contributed by atoms with E-state index in [1.54, 1.807) is 11.0 Å². The zero-order valence-electron chi connectivity index (χ0n) is 16.1. The molecular weight excluding hydrogens is 368 g/mol. The molecule has 7 heteroatoms. The fraction of sp³-hybridized carbons (Fsp3) is 0.227. The van der Waals surface area contributed by atoms with Crippen molar-refractivity contribution < 1.29 is 14.1 Å². The quantitative estimate of drug-likeness (QED) is 0.668. The third-order valence-electron chi connectivity index (χ3n) is 4.83. The number of aromatic nitrogens is 1. The lowest BCUT2D eigenvalue weighted by Crippen LogP contribution is -2.26. The molecule has 4 rings (SSSR count). The highest BCUT2D eigenvalue weighted by atomic mass is 16.5. The molecular formula is C22H22N4O3. The second-order valence-electron chi connectivity index (χ2n) is 7.01. The average Bonchev–Trinajstić information content (AvgIpc) is 3.36. The van der Waals surface area contributed by atoms with Gasteiger partial charge in [0.1, 0.15) is 5.69 Å². The number of para-hydroxylation sites is 2. The van der Waals surface area contributed by atoms with E-state index in [1.807, 2.05) is 55.5 Å². The number of hydrogen-bond acceptors (Lipinski definition) is 5. The van der Waals surface area contributed by atoms with Crippen molar-refractivity contribution in [3.8, 4) is 11.3 Å². The van der Waals surface area contributed by atoms with Gasteiger partial charge in [0.05, 0.1) is 17.9 Å². The van der Waals surface area contributed by atoms with Crippen molar-refractivity contribution in [1.29, 1.82) is 0 Å². The minimum atomic E-state index is -0.265. The summed E-state index contributed by atoms with van der Waals surface area (Å²) < 4.78 is 5.23. The van der Waals surface area contributed by atoms with Crippen LogP contribution < -0.4 is 15.5 Å². The van der Waals surface area contributed by atoms with Crippen LogP contribution in [-0.4, -0.2) is 30.1 Å². The zero-order chi connectivity index (χ0) is 20.2. The van der Waals surface area contributed by atoms with Crippen molar-refractivity contribution in [2.24, 2.45) is 0 Å². The number of anilines is 3. The van der Waals surface area contributed by atoms with Crippen molar-refractivity contribution in [2.45, 2.75) is 19.8 Å². The van der Waals surface area contributed by atoms with E-state index < -0.39 is 0 Å². The Balaban J connectivity index is 1.38. The molecule has 7 nitrogen and oxygen atoms in total. The number of amides is 2. The molecule has 3 aromatic rings. The fourth-order valence-electron chi connectivity index (χ4n) is 3.31. The molecule has 0 spiro atoms. The summed E-state index contributed by atoms with van der Waals surface area (Å²) in [6, 6.07) is 17.1. The van der Waals surface area contributed by atoms with Gasteiger partial charge < -0.3 is 14.7 Å². The minimum absolute atomic E-state index is 0.0413. The Bertz CT molecular complexity index is 1030. The molecule has 0 unspecified atom stereocenters. The van der Waals surface area contributed by atoms with Crippen molar-refractivity contribution >= 4 is 29.1 Å². The van der Waals surface area contributed by atoms with Crippen molar-refractivity contribution in [1.82, 2.24) is 5.16 Å². The molecule has 0 atom stereocenters. The molecule has 2 N–H and O–H groups in total. The highest BCUT2D eigenvalue weighted by molar-refractivity contribution is 5.99. The normalized spacial score (nSPS) is 13.6. The summed E-state index contributed by atoms with van der Waals surface area (Å²) in [4.78, 5) is 26.1. The average molecular weight is 390 g/mol. The lowest BCUT2D eigenvalue weighted by atomic mass is 10.1.